The van der Waals surface area contributed by atoms with Crippen LogP contribution >= 0.6 is 0 Å². The number of carbonyl (C=O) groups is 1. The third-order valence-electron chi connectivity index (χ3n) is 6.67. The van der Waals surface area contributed by atoms with Crippen LogP contribution in [0.2, 0.25) is 0 Å². The molecule has 5 rings (SSSR count). The number of benzene rings is 2. The number of carbonyl (C=O) groups excluding carboxylic acids is 1. The Hall–Kier alpha value is -2.65. The highest BCUT2D eigenvalue weighted by molar-refractivity contribution is 7.89. The maximum absolute atomic E-state index is 13.5. The van der Waals surface area contributed by atoms with Crippen LogP contribution in [0.25, 0.3) is 0 Å². The average molecular weight is 475 g/mol. The van der Waals surface area contributed by atoms with Crippen LogP contribution in [-0.4, -0.2) is 56.4 Å². The maximum Gasteiger partial charge on any atom is 0.243 e. The summed E-state index contributed by atoms with van der Waals surface area (Å²) in [7, 11) is -3.78. The monoisotopic (exact) mass is 474 g/mol. The van der Waals surface area contributed by atoms with Gasteiger partial charge in [0.2, 0.25) is 15.9 Å². The second-order valence-electron chi connectivity index (χ2n) is 8.75. The van der Waals surface area contributed by atoms with Crippen molar-refractivity contribution in [2.75, 3.05) is 32.8 Å². The SMILES string of the molecule is O=C(C1CCCN(S(=O)(=O)c2ccc(F)cc2)C1)N1CCCC1c1ccc2c(c1)OCCO2. The summed E-state index contributed by atoms with van der Waals surface area (Å²) >= 11 is 0. The first-order valence-corrected chi connectivity index (χ1v) is 12.8. The summed E-state index contributed by atoms with van der Waals surface area (Å²) in [4.78, 5) is 15.5. The quantitative estimate of drug-likeness (QED) is 0.679. The summed E-state index contributed by atoms with van der Waals surface area (Å²) in [6.07, 6.45) is 3.02. The molecule has 3 heterocycles. The van der Waals surface area contributed by atoms with Crippen molar-refractivity contribution in [1.82, 2.24) is 9.21 Å². The predicted molar refractivity (Wildman–Crippen MR) is 119 cm³/mol. The lowest BCUT2D eigenvalue weighted by atomic mass is 9.96. The van der Waals surface area contributed by atoms with Crippen LogP contribution in [0.1, 0.15) is 37.3 Å². The van der Waals surface area contributed by atoms with Gasteiger partial charge in [0, 0.05) is 19.6 Å². The van der Waals surface area contributed by atoms with E-state index < -0.39 is 21.8 Å². The molecule has 0 N–H and O–H groups in total. The lowest BCUT2D eigenvalue weighted by Crippen LogP contribution is -2.46. The van der Waals surface area contributed by atoms with E-state index >= 15 is 0 Å². The van der Waals surface area contributed by atoms with Crippen LogP contribution in [-0.2, 0) is 14.8 Å². The van der Waals surface area contributed by atoms with Crippen molar-refractivity contribution in [3.63, 3.8) is 0 Å². The fourth-order valence-corrected chi connectivity index (χ4v) is 6.52. The van der Waals surface area contributed by atoms with E-state index in [1.54, 1.807) is 0 Å². The molecule has 2 aromatic carbocycles. The summed E-state index contributed by atoms with van der Waals surface area (Å²) in [5, 5.41) is 0. The fourth-order valence-electron chi connectivity index (χ4n) is 5.00. The maximum atomic E-state index is 13.5. The molecule has 2 aromatic rings. The Morgan fingerprint density at radius 2 is 1.67 bits per heavy atom. The van der Waals surface area contributed by atoms with Crippen LogP contribution in [0.15, 0.2) is 47.4 Å². The number of ether oxygens (including phenoxy) is 2. The van der Waals surface area contributed by atoms with Crippen LogP contribution < -0.4 is 9.47 Å². The molecule has 3 aliphatic rings. The number of hydrogen-bond donors (Lipinski definition) is 0. The van der Waals surface area contributed by atoms with Crippen molar-refractivity contribution in [1.29, 1.82) is 0 Å². The Balaban J connectivity index is 1.32. The fraction of sp³-hybridized carbons (Fsp3) is 0.458. The van der Waals surface area contributed by atoms with Crippen LogP contribution in [0.4, 0.5) is 4.39 Å². The molecule has 176 valence electrons. The summed E-state index contributed by atoms with van der Waals surface area (Å²) in [6.45, 7) is 2.18. The Bertz CT molecular complexity index is 1140. The number of piperidine rings is 1. The summed E-state index contributed by atoms with van der Waals surface area (Å²) < 4.78 is 52.1. The zero-order chi connectivity index (χ0) is 23.0. The highest BCUT2D eigenvalue weighted by Gasteiger charge is 2.39. The molecule has 1 amide bonds. The smallest absolute Gasteiger partial charge is 0.243 e. The van der Waals surface area contributed by atoms with Crippen LogP contribution in [0, 0.1) is 11.7 Å². The van der Waals surface area contributed by atoms with E-state index in [4.69, 9.17) is 9.47 Å². The van der Waals surface area contributed by atoms with Gasteiger partial charge in [-0.2, -0.15) is 4.31 Å². The Kier molecular flexibility index (Phi) is 6.01. The summed E-state index contributed by atoms with van der Waals surface area (Å²) in [5.41, 5.74) is 1.01. The Morgan fingerprint density at radius 3 is 2.45 bits per heavy atom. The first-order chi connectivity index (χ1) is 15.9. The second-order valence-corrected chi connectivity index (χ2v) is 10.7. The van der Waals surface area contributed by atoms with Gasteiger partial charge in [0.05, 0.1) is 16.9 Å². The number of amides is 1. The molecule has 0 radical (unpaired) electrons. The number of nitrogens with zero attached hydrogens (tertiary/aromatic N) is 2. The van der Waals surface area contributed by atoms with Crippen molar-refractivity contribution < 1.29 is 27.1 Å². The molecular weight excluding hydrogens is 447 g/mol. The third-order valence-corrected chi connectivity index (χ3v) is 8.55. The van der Waals surface area contributed by atoms with Crippen molar-refractivity contribution in [2.45, 2.75) is 36.6 Å². The molecule has 0 spiro atoms. The molecule has 0 aliphatic carbocycles. The first-order valence-electron chi connectivity index (χ1n) is 11.4. The first kappa shape index (κ1) is 22.2. The molecule has 3 aliphatic heterocycles. The van der Waals surface area contributed by atoms with Crippen molar-refractivity contribution >= 4 is 15.9 Å². The molecule has 2 unspecified atom stereocenters. The average Bonchev–Trinajstić information content (AvgIpc) is 3.33. The van der Waals surface area contributed by atoms with E-state index in [-0.39, 0.29) is 23.4 Å². The summed E-state index contributed by atoms with van der Waals surface area (Å²) in [5.74, 6) is 0.528. The summed E-state index contributed by atoms with van der Waals surface area (Å²) in [6, 6.07) is 10.6. The number of likely N-dealkylation sites (tertiary alicyclic amines) is 1. The second kappa shape index (κ2) is 8.95. The number of halogens is 1. The van der Waals surface area contributed by atoms with Gasteiger partial charge in [-0.1, -0.05) is 6.07 Å². The molecule has 9 heteroatoms. The van der Waals surface area contributed by atoms with Gasteiger partial charge in [0.25, 0.3) is 0 Å². The Labute approximate surface area is 193 Å². The van der Waals surface area contributed by atoms with Crippen LogP contribution in [0.3, 0.4) is 0 Å². The number of fused-ring (bicyclic) bond motifs is 1. The molecule has 33 heavy (non-hydrogen) atoms. The van der Waals surface area contributed by atoms with E-state index in [1.807, 2.05) is 23.1 Å². The molecule has 7 nitrogen and oxygen atoms in total. The van der Waals surface area contributed by atoms with Gasteiger partial charge >= 0.3 is 0 Å². The Morgan fingerprint density at radius 1 is 0.939 bits per heavy atom. The van der Waals surface area contributed by atoms with E-state index in [0.29, 0.717) is 44.9 Å². The number of hydrogen-bond acceptors (Lipinski definition) is 5. The van der Waals surface area contributed by atoms with E-state index in [1.165, 1.54) is 16.4 Å². The molecular formula is C24H27FN2O5S. The van der Waals surface area contributed by atoms with Gasteiger partial charge in [-0.05, 0) is 67.6 Å². The normalized spacial score (nSPS) is 23.5. The minimum Gasteiger partial charge on any atom is -0.486 e. The largest absolute Gasteiger partial charge is 0.486 e. The topological polar surface area (TPSA) is 76.2 Å². The molecule has 0 bridgehead atoms. The van der Waals surface area contributed by atoms with Gasteiger partial charge in [-0.3, -0.25) is 4.79 Å². The van der Waals surface area contributed by atoms with Crippen LogP contribution in [0.5, 0.6) is 11.5 Å². The molecule has 2 atom stereocenters. The molecule has 0 saturated carbocycles. The number of rotatable bonds is 4. The van der Waals surface area contributed by atoms with Crippen molar-refractivity contribution in [2.24, 2.45) is 5.92 Å². The van der Waals surface area contributed by atoms with Gasteiger partial charge < -0.3 is 14.4 Å². The lowest BCUT2D eigenvalue weighted by molar-refractivity contribution is -0.137. The number of sulfonamides is 1. The van der Waals surface area contributed by atoms with Gasteiger partial charge in [-0.25, -0.2) is 12.8 Å². The minimum atomic E-state index is -3.78. The van der Waals surface area contributed by atoms with E-state index in [9.17, 15) is 17.6 Å². The zero-order valence-corrected chi connectivity index (χ0v) is 19.1. The molecule has 0 aromatic heterocycles. The lowest BCUT2D eigenvalue weighted by Gasteiger charge is -2.35. The van der Waals surface area contributed by atoms with Crippen molar-refractivity contribution in [3.05, 3.63) is 53.8 Å². The van der Waals surface area contributed by atoms with Gasteiger partial charge in [-0.15, -0.1) is 0 Å². The highest BCUT2D eigenvalue weighted by Crippen LogP contribution is 2.39. The minimum absolute atomic E-state index is 0.00797. The standard InChI is InChI=1S/C24H27FN2O5S/c25-19-6-8-20(9-7-19)33(29,30)26-11-1-3-18(16-26)24(28)27-12-2-4-21(27)17-5-10-22-23(15-17)32-14-13-31-22/h5-10,15,18,21H,1-4,11-14,16H2. The van der Waals surface area contributed by atoms with Crippen molar-refractivity contribution in [3.8, 4) is 11.5 Å². The molecule has 2 fully saturated rings. The predicted octanol–water partition coefficient (Wildman–Crippen LogP) is 3.36. The van der Waals surface area contributed by atoms with Gasteiger partial charge in [0.1, 0.15) is 19.0 Å². The van der Waals surface area contributed by atoms with E-state index in [2.05, 4.69) is 0 Å². The highest BCUT2D eigenvalue weighted by atomic mass is 32.2. The van der Waals surface area contributed by atoms with Gasteiger partial charge in [0.15, 0.2) is 11.5 Å². The third kappa shape index (κ3) is 4.31. The van der Waals surface area contributed by atoms with E-state index in [0.717, 1.165) is 36.3 Å². The molecule has 2 saturated heterocycles. The zero-order valence-electron chi connectivity index (χ0n) is 18.3.